The molecule has 0 saturated carbocycles. The van der Waals surface area contributed by atoms with E-state index in [0.29, 0.717) is 25.7 Å². The summed E-state index contributed by atoms with van der Waals surface area (Å²) >= 11 is 0. The molecule has 0 atom stereocenters. The van der Waals surface area contributed by atoms with Crippen LogP contribution in [0.4, 0.5) is 0 Å². The van der Waals surface area contributed by atoms with Crippen molar-refractivity contribution in [3.05, 3.63) is 0 Å². The van der Waals surface area contributed by atoms with Crippen molar-refractivity contribution in [1.29, 1.82) is 0 Å². The standard InChI is InChI=1S/C10H17O3/c11-8-4-1-2-6-10(13)7-3-5-9-12/h12H,1-7,9H2. The second-order valence-corrected chi connectivity index (χ2v) is 3.07. The average Bonchev–Trinajstić information content (AvgIpc) is 2.13. The molecule has 0 unspecified atom stereocenters. The lowest BCUT2D eigenvalue weighted by Crippen LogP contribution is -1.98. The molecule has 0 rings (SSSR count). The van der Waals surface area contributed by atoms with Gasteiger partial charge in [-0.3, -0.25) is 9.59 Å². The summed E-state index contributed by atoms with van der Waals surface area (Å²) in [6.07, 6.45) is 6.38. The van der Waals surface area contributed by atoms with Crippen LogP contribution in [0.3, 0.4) is 0 Å². The van der Waals surface area contributed by atoms with E-state index in [1.807, 2.05) is 0 Å². The van der Waals surface area contributed by atoms with E-state index in [9.17, 15) is 9.59 Å². The van der Waals surface area contributed by atoms with Crippen molar-refractivity contribution in [3.63, 3.8) is 0 Å². The van der Waals surface area contributed by atoms with Gasteiger partial charge in [0.15, 0.2) is 6.29 Å². The fourth-order valence-electron chi connectivity index (χ4n) is 1.08. The van der Waals surface area contributed by atoms with Gasteiger partial charge in [0.05, 0.1) is 0 Å². The molecule has 0 heterocycles. The third-order valence-electron chi connectivity index (χ3n) is 1.85. The zero-order valence-electron chi connectivity index (χ0n) is 7.92. The number of Topliss-reactive ketones (excluding diaryl/α,β-unsaturated/α-hetero) is 1. The maximum Gasteiger partial charge on any atom is 0.198 e. The lowest BCUT2D eigenvalue weighted by molar-refractivity contribution is -0.119. The van der Waals surface area contributed by atoms with Crippen LogP contribution in [0.2, 0.25) is 0 Å². The maximum absolute atomic E-state index is 11.1. The molecular weight excluding hydrogens is 168 g/mol. The number of aliphatic hydroxyl groups excluding tert-OH is 1. The summed E-state index contributed by atoms with van der Waals surface area (Å²) in [4.78, 5) is 20.9. The molecule has 75 valence electrons. The third kappa shape index (κ3) is 9.21. The van der Waals surface area contributed by atoms with Crippen LogP contribution in [-0.4, -0.2) is 23.8 Å². The van der Waals surface area contributed by atoms with Gasteiger partial charge in [0.1, 0.15) is 5.78 Å². The fraction of sp³-hybridized carbons (Fsp3) is 0.800. The van der Waals surface area contributed by atoms with Crippen molar-refractivity contribution in [3.8, 4) is 0 Å². The molecule has 0 aliphatic rings. The number of rotatable bonds is 9. The highest BCUT2D eigenvalue weighted by molar-refractivity contribution is 5.78. The minimum Gasteiger partial charge on any atom is -0.396 e. The van der Waals surface area contributed by atoms with Gasteiger partial charge in [0, 0.05) is 25.9 Å². The lowest BCUT2D eigenvalue weighted by atomic mass is 10.1. The van der Waals surface area contributed by atoms with Crippen LogP contribution < -0.4 is 0 Å². The second kappa shape index (κ2) is 9.39. The summed E-state index contributed by atoms with van der Waals surface area (Å²) in [7, 11) is 0. The van der Waals surface area contributed by atoms with Crippen LogP contribution in [-0.2, 0) is 9.59 Å². The van der Waals surface area contributed by atoms with Crippen LogP contribution in [0.15, 0.2) is 0 Å². The highest BCUT2D eigenvalue weighted by atomic mass is 16.2. The topological polar surface area (TPSA) is 54.4 Å². The van der Waals surface area contributed by atoms with Crippen LogP contribution >= 0.6 is 0 Å². The summed E-state index contributed by atoms with van der Waals surface area (Å²) in [5, 5.41) is 8.47. The van der Waals surface area contributed by atoms with E-state index >= 15 is 0 Å². The Kier molecular flexibility index (Phi) is 8.88. The van der Waals surface area contributed by atoms with Gasteiger partial charge in [-0.1, -0.05) is 0 Å². The largest absolute Gasteiger partial charge is 0.396 e. The molecule has 1 N–H and O–H groups in total. The molecule has 3 heteroatoms. The van der Waals surface area contributed by atoms with Crippen LogP contribution in [0.25, 0.3) is 0 Å². The summed E-state index contributed by atoms with van der Waals surface area (Å²) in [6.45, 7) is 0.160. The summed E-state index contributed by atoms with van der Waals surface area (Å²) in [5.74, 6) is 0.236. The molecule has 0 amide bonds. The average molecular weight is 185 g/mol. The van der Waals surface area contributed by atoms with Crippen molar-refractivity contribution in [2.45, 2.75) is 44.9 Å². The van der Waals surface area contributed by atoms with Gasteiger partial charge < -0.3 is 5.11 Å². The molecule has 13 heavy (non-hydrogen) atoms. The van der Waals surface area contributed by atoms with Crippen LogP contribution in [0.1, 0.15) is 44.9 Å². The van der Waals surface area contributed by atoms with E-state index in [-0.39, 0.29) is 12.4 Å². The van der Waals surface area contributed by atoms with Crippen molar-refractivity contribution in [2.75, 3.05) is 6.61 Å². The monoisotopic (exact) mass is 185 g/mol. The van der Waals surface area contributed by atoms with E-state index in [2.05, 4.69) is 0 Å². The first-order chi connectivity index (χ1) is 6.31. The van der Waals surface area contributed by atoms with Crippen molar-refractivity contribution >= 4 is 12.1 Å². The quantitative estimate of drug-likeness (QED) is 0.552. The molecule has 0 aliphatic heterocycles. The SMILES string of the molecule is O=[C]CCCCC(=O)CCCCO. The Labute approximate surface area is 79.1 Å². The normalized spacial score (nSPS) is 9.92. The number of hydrogen-bond donors (Lipinski definition) is 1. The molecule has 1 radical (unpaired) electrons. The molecule has 0 aromatic heterocycles. The van der Waals surface area contributed by atoms with E-state index in [1.54, 1.807) is 6.29 Å². The Hall–Kier alpha value is -0.700. The lowest BCUT2D eigenvalue weighted by Gasteiger charge is -1.98. The number of unbranched alkanes of at least 4 members (excludes halogenated alkanes) is 3. The Morgan fingerprint density at radius 1 is 1.08 bits per heavy atom. The van der Waals surface area contributed by atoms with Gasteiger partial charge in [-0.2, -0.15) is 0 Å². The van der Waals surface area contributed by atoms with Crippen molar-refractivity contribution in [2.24, 2.45) is 0 Å². The predicted octanol–water partition coefficient (Wildman–Crippen LogP) is 1.39. The molecule has 0 bridgehead atoms. The number of hydrogen-bond acceptors (Lipinski definition) is 3. The zero-order valence-corrected chi connectivity index (χ0v) is 7.92. The molecule has 0 spiro atoms. The first kappa shape index (κ1) is 12.3. The van der Waals surface area contributed by atoms with Gasteiger partial charge in [-0.15, -0.1) is 0 Å². The molecule has 0 aliphatic carbocycles. The molecule has 0 fully saturated rings. The second-order valence-electron chi connectivity index (χ2n) is 3.07. The Bertz CT molecular complexity index is 143. The number of carbonyl (C=O) groups excluding carboxylic acids is 2. The Morgan fingerprint density at radius 3 is 2.23 bits per heavy atom. The first-order valence-corrected chi connectivity index (χ1v) is 4.79. The van der Waals surface area contributed by atoms with Crippen molar-refractivity contribution < 1.29 is 14.7 Å². The highest BCUT2D eigenvalue weighted by Gasteiger charge is 2.00. The summed E-state index contributed by atoms with van der Waals surface area (Å²) in [6, 6.07) is 0. The molecule has 0 aromatic carbocycles. The summed E-state index contributed by atoms with van der Waals surface area (Å²) in [5.41, 5.74) is 0. The number of carbonyl (C=O) groups is 1. The molecular formula is C10H17O3. The van der Waals surface area contributed by atoms with E-state index < -0.39 is 0 Å². The van der Waals surface area contributed by atoms with Gasteiger partial charge >= 0.3 is 0 Å². The summed E-state index contributed by atoms with van der Waals surface area (Å²) < 4.78 is 0. The van der Waals surface area contributed by atoms with Gasteiger partial charge in [0.25, 0.3) is 0 Å². The maximum atomic E-state index is 11.1. The number of ketones is 1. The highest BCUT2D eigenvalue weighted by Crippen LogP contribution is 2.04. The van der Waals surface area contributed by atoms with Gasteiger partial charge in [-0.05, 0) is 25.7 Å². The fourth-order valence-corrected chi connectivity index (χ4v) is 1.08. The smallest absolute Gasteiger partial charge is 0.198 e. The van der Waals surface area contributed by atoms with Crippen molar-refractivity contribution in [1.82, 2.24) is 0 Å². The molecule has 3 nitrogen and oxygen atoms in total. The van der Waals surface area contributed by atoms with Gasteiger partial charge in [0.2, 0.25) is 0 Å². The van der Waals surface area contributed by atoms with Crippen LogP contribution in [0, 0.1) is 0 Å². The third-order valence-corrected chi connectivity index (χ3v) is 1.85. The van der Waals surface area contributed by atoms with Crippen LogP contribution in [0.5, 0.6) is 0 Å². The predicted molar refractivity (Wildman–Crippen MR) is 50.1 cm³/mol. The van der Waals surface area contributed by atoms with E-state index in [0.717, 1.165) is 19.3 Å². The van der Waals surface area contributed by atoms with E-state index in [1.165, 1.54) is 0 Å². The first-order valence-electron chi connectivity index (χ1n) is 4.79. The Morgan fingerprint density at radius 2 is 1.69 bits per heavy atom. The zero-order chi connectivity index (χ0) is 9.94. The Balaban J connectivity index is 3.15. The molecule has 0 aromatic rings. The minimum atomic E-state index is 0.160. The minimum absolute atomic E-state index is 0.160. The van der Waals surface area contributed by atoms with Gasteiger partial charge in [-0.25, -0.2) is 0 Å². The number of aliphatic hydroxyl groups is 1. The van der Waals surface area contributed by atoms with E-state index in [4.69, 9.17) is 5.11 Å². The molecule has 0 saturated heterocycles.